The molecule has 0 bridgehead atoms. The smallest absolute Gasteiger partial charge is 0.311 e. The van der Waals surface area contributed by atoms with Gasteiger partial charge < -0.3 is 4.74 Å². The van der Waals surface area contributed by atoms with E-state index in [1.54, 1.807) is 0 Å². The number of ether oxygens (including phenoxy) is 1. The molecule has 0 aromatic heterocycles. The Bertz CT molecular complexity index is 434. The van der Waals surface area contributed by atoms with E-state index < -0.39 is 5.41 Å². The number of hydrogen-bond donors (Lipinski definition) is 0. The first kappa shape index (κ1) is 15.3. The van der Waals surface area contributed by atoms with Gasteiger partial charge in [-0.2, -0.15) is 0 Å². The maximum Gasteiger partial charge on any atom is 0.311 e. The summed E-state index contributed by atoms with van der Waals surface area (Å²) in [5.41, 5.74) is 0.781. The molecule has 3 atom stereocenters. The molecule has 0 saturated heterocycles. The van der Waals surface area contributed by atoms with E-state index in [4.69, 9.17) is 4.74 Å². The van der Waals surface area contributed by atoms with E-state index in [0.29, 0.717) is 0 Å². The monoisotopic (exact) mass is 278 g/mol. The Labute approximate surface area is 121 Å². The molecule has 112 valence electrons. The number of esters is 1. The Morgan fingerprint density at radius 2 is 2.15 bits per heavy atom. The second-order valence-electron chi connectivity index (χ2n) is 6.94. The molecule has 3 heteroatoms. The number of hydrogen-bond acceptors (Lipinski definition) is 3. The number of ketones is 1. The van der Waals surface area contributed by atoms with E-state index in [1.807, 2.05) is 33.8 Å². The second kappa shape index (κ2) is 5.71. The molecule has 2 rings (SSSR count). The Morgan fingerprint density at radius 1 is 1.45 bits per heavy atom. The molecule has 3 nitrogen and oxygen atoms in total. The molecular formula is C17H26O3. The van der Waals surface area contributed by atoms with Crippen LogP contribution >= 0.6 is 0 Å². The van der Waals surface area contributed by atoms with Crippen molar-refractivity contribution in [1.29, 1.82) is 0 Å². The Balaban J connectivity index is 2.11. The van der Waals surface area contributed by atoms with E-state index in [9.17, 15) is 9.59 Å². The van der Waals surface area contributed by atoms with Gasteiger partial charge in [0.1, 0.15) is 6.10 Å². The van der Waals surface area contributed by atoms with Crippen molar-refractivity contribution in [3.8, 4) is 0 Å². The zero-order valence-corrected chi connectivity index (χ0v) is 13.1. The summed E-state index contributed by atoms with van der Waals surface area (Å²) in [5, 5.41) is 0. The van der Waals surface area contributed by atoms with Crippen LogP contribution in [0.3, 0.4) is 0 Å². The van der Waals surface area contributed by atoms with Gasteiger partial charge >= 0.3 is 5.97 Å². The fourth-order valence-electron chi connectivity index (χ4n) is 3.02. The van der Waals surface area contributed by atoms with E-state index in [0.717, 1.165) is 32.1 Å². The molecule has 0 aromatic carbocycles. The molecule has 2 aliphatic rings. The van der Waals surface area contributed by atoms with E-state index in [2.05, 4.69) is 0 Å². The minimum Gasteiger partial charge on any atom is -0.461 e. The zero-order chi connectivity index (χ0) is 14.9. The van der Waals surface area contributed by atoms with Crippen LogP contribution < -0.4 is 0 Å². The second-order valence-corrected chi connectivity index (χ2v) is 6.94. The fourth-order valence-corrected chi connectivity index (χ4v) is 3.02. The Hall–Kier alpha value is -1.12. The topological polar surface area (TPSA) is 43.4 Å². The Morgan fingerprint density at radius 3 is 2.80 bits per heavy atom. The van der Waals surface area contributed by atoms with Crippen molar-refractivity contribution in [2.75, 3.05) is 0 Å². The van der Waals surface area contributed by atoms with Gasteiger partial charge in [0, 0.05) is 11.8 Å². The van der Waals surface area contributed by atoms with Crippen molar-refractivity contribution in [3.63, 3.8) is 0 Å². The highest BCUT2D eigenvalue weighted by Crippen LogP contribution is 2.40. The first-order valence-electron chi connectivity index (χ1n) is 7.80. The molecule has 0 aliphatic heterocycles. The van der Waals surface area contributed by atoms with Gasteiger partial charge in [-0.05, 0) is 52.0 Å². The lowest BCUT2D eigenvalue weighted by atomic mass is 9.72. The molecular weight excluding hydrogens is 252 g/mol. The summed E-state index contributed by atoms with van der Waals surface area (Å²) in [6.45, 7) is 7.84. The lowest BCUT2D eigenvalue weighted by Crippen LogP contribution is -2.39. The maximum absolute atomic E-state index is 12.3. The standard InChI is InChI=1S/C17H26O3/c1-5-17(3,4)16(19)20-15-8-6-7-12-10-14(18)11(2)9-13(12)15/h10-11,13,15H,5-9H2,1-4H3/t11-,13+,15-/m0/s1. The summed E-state index contributed by atoms with van der Waals surface area (Å²) in [4.78, 5) is 24.1. The molecule has 0 radical (unpaired) electrons. The van der Waals surface area contributed by atoms with Gasteiger partial charge in [-0.1, -0.05) is 19.4 Å². The van der Waals surface area contributed by atoms with Crippen molar-refractivity contribution in [1.82, 2.24) is 0 Å². The largest absolute Gasteiger partial charge is 0.461 e. The summed E-state index contributed by atoms with van der Waals surface area (Å²) in [7, 11) is 0. The molecule has 2 aliphatic carbocycles. The van der Waals surface area contributed by atoms with Crippen LogP contribution in [0.4, 0.5) is 0 Å². The highest BCUT2D eigenvalue weighted by atomic mass is 16.5. The molecule has 0 aromatic rings. The molecule has 1 fully saturated rings. The van der Waals surface area contributed by atoms with Crippen LogP contribution in [-0.2, 0) is 14.3 Å². The molecule has 0 heterocycles. The lowest BCUT2D eigenvalue weighted by molar-refractivity contribution is -0.163. The van der Waals surface area contributed by atoms with Crippen molar-refractivity contribution < 1.29 is 14.3 Å². The summed E-state index contributed by atoms with van der Waals surface area (Å²) >= 11 is 0. The van der Waals surface area contributed by atoms with E-state index in [1.165, 1.54) is 5.57 Å². The highest BCUT2D eigenvalue weighted by molar-refractivity contribution is 5.93. The molecule has 0 amide bonds. The minimum absolute atomic E-state index is 0.0381. The Kier molecular flexibility index (Phi) is 4.36. The number of fused-ring (bicyclic) bond motifs is 1. The quantitative estimate of drug-likeness (QED) is 0.740. The summed E-state index contributed by atoms with van der Waals surface area (Å²) in [5.74, 6) is 0.447. The predicted octanol–water partition coefficient (Wildman–Crippen LogP) is 3.67. The van der Waals surface area contributed by atoms with Crippen LogP contribution in [0.5, 0.6) is 0 Å². The van der Waals surface area contributed by atoms with Crippen LogP contribution in [-0.4, -0.2) is 17.9 Å². The van der Waals surface area contributed by atoms with Crippen molar-refractivity contribution in [2.45, 2.75) is 65.9 Å². The minimum atomic E-state index is -0.419. The first-order chi connectivity index (χ1) is 9.35. The summed E-state index contributed by atoms with van der Waals surface area (Å²) in [6, 6.07) is 0. The number of rotatable bonds is 3. The fraction of sp³-hybridized carbons (Fsp3) is 0.765. The van der Waals surface area contributed by atoms with Crippen molar-refractivity contribution in [2.24, 2.45) is 17.3 Å². The maximum atomic E-state index is 12.3. The first-order valence-corrected chi connectivity index (χ1v) is 7.80. The third-order valence-corrected chi connectivity index (χ3v) is 4.99. The molecule has 0 N–H and O–H groups in total. The summed E-state index contributed by atoms with van der Waals surface area (Å²) in [6.07, 6.45) is 6.29. The summed E-state index contributed by atoms with van der Waals surface area (Å²) < 4.78 is 5.81. The molecule has 0 spiro atoms. The van der Waals surface area contributed by atoms with Crippen LogP contribution in [0.15, 0.2) is 11.6 Å². The highest BCUT2D eigenvalue weighted by Gasteiger charge is 2.39. The normalized spacial score (nSPS) is 30.5. The average Bonchev–Trinajstić information content (AvgIpc) is 2.41. The lowest BCUT2D eigenvalue weighted by Gasteiger charge is -2.38. The number of carbonyl (C=O) groups excluding carboxylic acids is 2. The average molecular weight is 278 g/mol. The SMILES string of the molecule is CCC(C)(C)C(=O)O[C@H]1CCCC2=CC(=O)[C@@H](C)C[C@H]21. The molecule has 0 unspecified atom stereocenters. The zero-order valence-electron chi connectivity index (χ0n) is 13.1. The van der Waals surface area contributed by atoms with Gasteiger partial charge in [-0.25, -0.2) is 0 Å². The van der Waals surface area contributed by atoms with Gasteiger partial charge in [0.15, 0.2) is 5.78 Å². The van der Waals surface area contributed by atoms with Crippen LogP contribution in [0.1, 0.15) is 59.8 Å². The van der Waals surface area contributed by atoms with Crippen LogP contribution in [0.25, 0.3) is 0 Å². The predicted molar refractivity (Wildman–Crippen MR) is 78.2 cm³/mol. The van der Waals surface area contributed by atoms with Gasteiger partial charge in [0.2, 0.25) is 0 Å². The van der Waals surface area contributed by atoms with Gasteiger partial charge in [-0.15, -0.1) is 0 Å². The van der Waals surface area contributed by atoms with Gasteiger partial charge in [0.05, 0.1) is 5.41 Å². The molecule has 1 saturated carbocycles. The third kappa shape index (κ3) is 2.97. The van der Waals surface area contributed by atoms with E-state index >= 15 is 0 Å². The van der Waals surface area contributed by atoms with Gasteiger partial charge in [-0.3, -0.25) is 9.59 Å². The number of allylic oxidation sites excluding steroid dienone is 1. The number of carbonyl (C=O) groups is 2. The van der Waals surface area contributed by atoms with Crippen molar-refractivity contribution >= 4 is 11.8 Å². The van der Waals surface area contributed by atoms with E-state index in [-0.39, 0.29) is 29.7 Å². The van der Waals surface area contributed by atoms with Crippen LogP contribution in [0.2, 0.25) is 0 Å². The van der Waals surface area contributed by atoms with Crippen molar-refractivity contribution in [3.05, 3.63) is 11.6 Å². The van der Waals surface area contributed by atoms with Crippen LogP contribution in [0, 0.1) is 17.3 Å². The van der Waals surface area contributed by atoms with Gasteiger partial charge in [0.25, 0.3) is 0 Å². The third-order valence-electron chi connectivity index (χ3n) is 4.99. The molecule has 20 heavy (non-hydrogen) atoms.